The smallest absolute Gasteiger partial charge is 0.321 e. The van der Waals surface area contributed by atoms with Crippen molar-refractivity contribution in [1.82, 2.24) is 15.0 Å². The van der Waals surface area contributed by atoms with Crippen LogP contribution in [-0.2, 0) is 6.54 Å². The van der Waals surface area contributed by atoms with Crippen molar-refractivity contribution < 1.29 is 13.7 Å². The number of halogens is 1. The van der Waals surface area contributed by atoms with Crippen LogP contribution in [0, 0.1) is 12.7 Å². The van der Waals surface area contributed by atoms with Gasteiger partial charge in [0.2, 0.25) is 0 Å². The molecule has 2 amide bonds. The average molecular weight is 387 g/mol. The molecule has 8 heteroatoms. The number of carbonyl (C=O) groups excluding carboxylic acids is 1. The lowest BCUT2D eigenvalue weighted by Crippen LogP contribution is -2.49. The van der Waals surface area contributed by atoms with Crippen LogP contribution >= 0.6 is 0 Å². The quantitative estimate of drug-likeness (QED) is 0.874. The Labute approximate surface area is 164 Å². The highest BCUT2D eigenvalue weighted by Crippen LogP contribution is 2.26. The monoisotopic (exact) mass is 387 g/mol. The zero-order valence-corrected chi connectivity index (χ0v) is 16.2. The normalized spacial score (nSPS) is 17.9. The minimum Gasteiger partial charge on any atom is -0.369 e. The molecule has 4 rings (SSSR count). The predicted octanol–water partition coefficient (Wildman–Crippen LogP) is 3.07. The number of rotatable bonds is 4. The van der Waals surface area contributed by atoms with Crippen LogP contribution in [0.5, 0.6) is 0 Å². The van der Waals surface area contributed by atoms with Crippen molar-refractivity contribution >= 4 is 17.4 Å². The van der Waals surface area contributed by atoms with Gasteiger partial charge >= 0.3 is 6.03 Å². The van der Waals surface area contributed by atoms with Crippen molar-refractivity contribution in [3.8, 4) is 0 Å². The third-order valence-electron chi connectivity index (χ3n) is 5.37. The van der Waals surface area contributed by atoms with E-state index in [0.717, 1.165) is 57.0 Å². The van der Waals surface area contributed by atoms with Gasteiger partial charge in [-0.05, 0) is 38.0 Å². The second kappa shape index (κ2) is 8.18. The average Bonchev–Trinajstić information content (AvgIpc) is 3.34. The van der Waals surface area contributed by atoms with Gasteiger partial charge in [-0.2, -0.15) is 0 Å². The van der Waals surface area contributed by atoms with Gasteiger partial charge in [-0.3, -0.25) is 4.90 Å². The molecule has 0 bridgehead atoms. The fraction of sp³-hybridized carbons (Fsp3) is 0.500. The van der Waals surface area contributed by atoms with Gasteiger partial charge in [0.1, 0.15) is 11.6 Å². The molecule has 28 heavy (non-hydrogen) atoms. The van der Waals surface area contributed by atoms with Crippen LogP contribution in [0.3, 0.4) is 0 Å². The molecule has 0 unspecified atom stereocenters. The molecule has 1 N–H and O–H groups in total. The number of aryl methyl sites for hydroxylation is 1. The SMILES string of the molecule is Cc1cc(CN2CCN(C(=O)Nc3ccc(N4CCCC4)c(F)c3)CC2)no1. The highest BCUT2D eigenvalue weighted by atomic mass is 19.1. The summed E-state index contributed by atoms with van der Waals surface area (Å²) in [5, 5.41) is 6.84. The highest BCUT2D eigenvalue weighted by Gasteiger charge is 2.22. The van der Waals surface area contributed by atoms with Gasteiger partial charge in [0.05, 0.1) is 11.4 Å². The Morgan fingerprint density at radius 3 is 2.54 bits per heavy atom. The molecule has 3 heterocycles. The molecular weight excluding hydrogens is 361 g/mol. The van der Waals surface area contributed by atoms with E-state index in [0.29, 0.717) is 24.5 Å². The zero-order valence-electron chi connectivity index (χ0n) is 16.2. The third-order valence-corrected chi connectivity index (χ3v) is 5.37. The number of anilines is 2. The van der Waals surface area contributed by atoms with Crippen molar-refractivity contribution in [1.29, 1.82) is 0 Å². The molecule has 2 aliphatic heterocycles. The summed E-state index contributed by atoms with van der Waals surface area (Å²) in [5.41, 5.74) is 2.02. The third kappa shape index (κ3) is 4.27. The van der Waals surface area contributed by atoms with Gasteiger partial charge in [0.15, 0.2) is 0 Å². The fourth-order valence-corrected chi connectivity index (χ4v) is 3.83. The van der Waals surface area contributed by atoms with Crippen molar-refractivity contribution in [3.05, 3.63) is 41.5 Å². The first-order valence-corrected chi connectivity index (χ1v) is 9.83. The standard InChI is InChI=1S/C20H26FN5O2/c1-15-12-17(23-28-15)14-24-8-10-26(11-9-24)20(27)22-16-4-5-19(18(21)13-16)25-6-2-3-7-25/h4-5,12-13H,2-3,6-11,14H2,1H3,(H,22,27). The van der Waals surface area contributed by atoms with Crippen LogP contribution in [0.25, 0.3) is 0 Å². The Morgan fingerprint density at radius 1 is 1.14 bits per heavy atom. The zero-order chi connectivity index (χ0) is 19.5. The predicted molar refractivity (Wildman–Crippen MR) is 105 cm³/mol. The van der Waals surface area contributed by atoms with Gasteiger partial charge in [0.25, 0.3) is 0 Å². The molecule has 1 aromatic heterocycles. The number of nitrogens with one attached hydrogen (secondary N) is 1. The summed E-state index contributed by atoms with van der Waals surface area (Å²) in [6.45, 7) is 7.15. The fourth-order valence-electron chi connectivity index (χ4n) is 3.83. The van der Waals surface area contributed by atoms with Crippen LogP contribution in [0.2, 0.25) is 0 Å². The molecule has 150 valence electrons. The second-order valence-electron chi connectivity index (χ2n) is 7.48. The lowest BCUT2D eigenvalue weighted by Gasteiger charge is -2.34. The molecule has 2 aliphatic rings. The summed E-state index contributed by atoms with van der Waals surface area (Å²) in [4.78, 5) is 18.6. The first kappa shape index (κ1) is 18.7. The Morgan fingerprint density at radius 2 is 1.89 bits per heavy atom. The molecule has 0 spiro atoms. The molecule has 0 saturated carbocycles. The van der Waals surface area contributed by atoms with E-state index in [4.69, 9.17) is 4.52 Å². The number of carbonyl (C=O) groups is 1. The van der Waals surface area contributed by atoms with E-state index in [2.05, 4.69) is 20.3 Å². The highest BCUT2D eigenvalue weighted by molar-refractivity contribution is 5.89. The molecule has 0 aliphatic carbocycles. The minimum absolute atomic E-state index is 0.190. The van der Waals surface area contributed by atoms with Crippen LogP contribution in [0.4, 0.5) is 20.6 Å². The van der Waals surface area contributed by atoms with Gasteiger partial charge in [-0.1, -0.05) is 5.16 Å². The molecule has 2 aromatic rings. The molecule has 0 atom stereocenters. The summed E-state index contributed by atoms with van der Waals surface area (Å²) in [7, 11) is 0. The minimum atomic E-state index is -0.285. The van der Waals surface area contributed by atoms with Crippen LogP contribution in [0.15, 0.2) is 28.8 Å². The number of aromatic nitrogens is 1. The molecule has 0 radical (unpaired) electrons. The Hall–Kier alpha value is -2.61. The Balaban J connectivity index is 1.29. The number of piperazine rings is 1. The molecule has 7 nitrogen and oxygen atoms in total. The molecule has 1 aromatic carbocycles. The van der Waals surface area contributed by atoms with E-state index in [1.807, 2.05) is 13.0 Å². The maximum Gasteiger partial charge on any atom is 0.321 e. The summed E-state index contributed by atoms with van der Waals surface area (Å²) >= 11 is 0. The summed E-state index contributed by atoms with van der Waals surface area (Å²) < 4.78 is 19.5. The molecular formula is C20H26FN5O2. The van der Waals surface area contributed by atoms with Crippen LogP contribution in [0.1, 0.15) is 24.3 Å². The maximum atomic E-state index is 14.4. The van der Waals surface area contributed by atoms with Crippen molar-refractivity contribution in [2.75, 3.05) is 49.5 Å². The van der Waals surface area contributed by atoms with Crippen LogP contribution < -0.4 is 10.2 Å². The summed E-state index contributed by atoms with van der Waals surface area (Å²) in [6.07, 6.45) is 2.19. The van der Waals surface area contributed by atoms with E-state index in [9.17, 15) is 9.18 Å². The van der Waals surface area contributed by atoms with Crippen LogP contribution in [-0.4, -0.2) is 60.3 Å². The topological polar surface area (TPSA) is 64.8 Å². The van der Waals surface area contributed by atoms with Gasteiger partial charge in [0, 0.05) is 57.6 Å². The largest absolute Gasteiger partial charge is 0.369 e. The van der Waals surface area contributed by atoms with Gasteiger partial charge < -0.3 is 19.6 Å². The van der Waals surface area contributed by atoms with Gasteiger partial charge in [-0.25, -0.2) is 9.18 Å². The molecule has 2 fully saturated rings. The van der Waals surface area contributed by atoms with Crippen molar-refractivity contribution in [2.24, 2.45) is 0 Å². The van der Waals surface area contributed by atoms with Crippen molar-refractivity contribution in [2.45, 2.75) is 26.3 Å². The van der Waals surface area contributed by atoms with Gasteiger partial charge in [-0.15, -0.1) is 0 Å². The lowest BCUT2D eigenvalue weighted by molar-refractivity contribution is 0.141. The van der Waals surface area contributed by atoms with E-state index < -0.39 is 0 Å². The Kier molecular flexibility index (Phi) is 5.47. The number of urea groups is 1. The lowest BCUT2D eigenvalue weighted by atomic mass is 10.2. The number of hydrogen-bond acceptors (Lipinski definition) is 5. The summed E-state index contributed by atoms with van der Waals surface area (Å²) in [6, 6.07) is 6.69. The Bertz CT molecular complexity index is 826. The van der Waals surface area contributed by atoms with Crippen molar-refractivity contribution in [3.63, 3.8) is 0 Å². The van der Waals surface area contributed by atoms with E-state index >= 15 is 0 Å². The van der Waals surface area contributed by atoms with E-state index in [1.54, 1.807) is 17.0 Å². The molecule has 2 saturated heterocycles. The number of nitrogens with zero attached hydrogens (tertiary/aromatic N) is 4. The number of benzene rings is 1. The van der Waals surface area contributed by atoms with E-state index in [-0.39, 0.29) is 11.8 Å². The second-order valence-corrected chi connectivity index (χ2v) is 7.48. The maximum absolute atomic E-state index is 14.4. The first-order valence-electron chi connectivity index (χ1n) is 9.83. The number of amides is 2. The summed E-state index contributed by atoms with van der Waals surface area (Å²) in [5.74, 6) is 0.517. The number of hydrogen-bond donors (Lipinski definition) is 1. The van der Waals surface area contributed by atoms with E-state index in [1.165, 1.54) is 6.07 Å². The first-order chi connectivity index (χ1) is 13.6.